The molecule has 2 rings (SSSR count). The van der Waals surface area contributed by atoms with E-state index in [1.54, 1.807) is 48.5 Å². The third-order valence-electron chi connectivity index (χ3n) is 3.20. The van der Waals surface area contributed by atoms with Gasteiger partial charge in [0.2, 0.25) is 0 Å². The molecule has 5 heteroatoms. The number of carbonyl (C=O) groups excluding carboxylic acids is 2. The first-order valence-corrected chi connectivity index (χ1v) is 7.08. The van der Waals surface area contributed by atoms with Gasteiger partial charge in [0.25, 0.3) is 0 Å². The molecule has 0 saturated heterocycles. The summed E-state index contributed by atoms with van der Waals surface area (Å²) in [5.74, 6) is -2.24. The second-order valence-corrected chi connectivity index (χ2v) is 4.68. The Morgan fingerprint density at radius 2 is 0.957 bits per heavy atom. The van der Waals surface area contributed by atoms with E-state index in [0.717, 1.165) is 24.0 Å². The van der Waals surface area contributed by atoms with Crippen molar-refractivity contribution in [3.8, 4) is 0 Å². The van der Waals surface area contributed by atoms with Crippen LogP contribution in [0.5, 0.6) is 0 Å². The van der Waals surface area contributed by atoms with Gasteiger partial charge in [-0.2, -0.15) is 0 Å². The Morgan fingerprint density at radius 3 is 1.13 bits per heavy atom. The van der Waals surface area contributed by atoms with Gasteiger partial charge in [0.1, 0.15) is 0 Å². The van der Waals surface area contributed by atoms with E-state index in [1.807, 2.05) is 13.8 Å². The number of aromatic carboxylic acids is 2. The third-order valence-corrected chi connectivity index (χ3v) is 3.20. The van der Waals surface area contributed by atoms with Gasteiger partial charge in [0.15, 0.2) is 0 Å². The summed E-state index contributed by atoms with van der Waals surface area (Å²) in [5, 5.41) is 20.6. The molecule has 0 heterocycles. The van der Waals surface area contributed by atoms with Crippen molar-refractivity contribution in [1.29, 1.82) is 0 Å². The zero-order valence-corrected chi connectivity index (χ0v) is 17.8. The summed E-state index contributed by atoms with van der Waals surface area (Å²) in [6.45, 7) is 4.04. The van der Waals surface area contributed by atoms with Gasteiger partial charge in [-0.25, -0.2) is 0 Å². The fourth-order valence-electron chi connectivity index (χ4n) is 1.75. The van der Waals surface area contributed by atoms with Crippen molar-refractivity contribution in [2.24, 2.45) is 0 Å². The summed E-state index contributed by atoms with van der Waals surface area (Å²) in [4.78, 5) is 20.6. The quantitative estimate of drug-likeness (QED) is 0.667. The van der Waals surface area contributed by atoms with Crippen LogP contribution in [0, 0.1) is 0 Å². The van der Waals surface area contributed by atoms with E-state index in [9.17, 15) is 19.8 Å². The minimum atomic E-state index is -1.12. The van der Waals surface area contributed by atoms with Gasteiger partial charge in [-0.3, -0.25) is 0 Å². The van der Waals surface area contributed by atoms with E-state index in [4.69, 9.17) is 0 Å². The van der Waals surface area contributed by atoms with Gasteiger partial charge in [-0.05, 0) is 35.1 Å². The third kappa shape index (κ3) is 7.85. The summed E-state index contributed by atoms with van der Waals surface area (Å²) in [5.41, 5.74) is 2.74. The van der Waals surface area contributed by atoms with Crippen LogP contribution in [-0.2, 0) is 12.8 Å². The van der Waals surface area contributed by atoms with Crippen LogP contribution in [-0.4, -0.2) is 60.8 Å². The summed E-state index contributed by atoms with van der Waals surface area (Å²) < 4.78 is 0. The number of hydrogen-bond donors (Lipinski definition) is 0. The molecule has 0 spiro atoms. The van der Waals surface area contributed by atoms with E-state index >= 15 is 0 Å². The molecule has 2 aromatic carbocycles. The SMILES string of the molecule is CCc1ccc(C(=O)[O-])cc1.CCc1ccc(C(=O)[O-])cc1.[Ba+2]. The molecule has 116 valence electrons. The smallest absolute Gasteiger partial charge is 0.545 e. The van der Waals surface area contributed by atoms with Crippen LogP contribution >= 0.6 is 0 Å². The normalized spacial score (nSPS) is 9.13. The fraction of sp³-hybridized carbons (Fsp3) is 0.222. The van der Waals surface area contributed by atoms with Crippen molar-refractivity contribution in [2.45, 2.75) is 26.7 Å². The van der Waals surface area contributed by atoms with Gasteiger partial charge >= 0.3 is 48.9 Å². The number of rotatable bonds is 4. The maximum atomic E-state index is 10.3. The molecule has 0 saturated carbocycles. The minimum Gasteiger partial charge on any atom is -0.545 e. The monoisotopic (exact) mass is 436 g/mol. The molecule has 4 nitrogen and oxygen atoms in total. The first-order chi connectivity index (χ1) is 10.5. The van der Waals surface area contributed by atoms with Crippen molar-refractivity contribution >= 4 is 60.8 Å². The van der Waals surface area contributed by atoms with E-state index < -0.39 is 11.9 Å². The van der Waals surface area contributed by atoms with Crippen LogP contribution in [0.4, 0.5) is 0 Å². The average Bonchev–Trinajstić information content (AvgIpc) is 2.55. The molecule has 0 unspecified atom stereocenters. The molecule has 0 aliphatic heterocycles. The predicted octanol–water partition coefficient (Wildman–Crippen LogP) is 0.844. The van der Waals surface area contributed by atoms with Gasteiger partial charge in [0, 0.05) is 0 Å². The molecule has 0 aromatic heterocycles. The Hall–Kier alpha value is -1.05. The van der Waals surface area contributed by atoms with Gasteiger partial charge < -0.3 is 19.8 Å². The van der Waals surface area contributed by atoms with Crippen molar-refractivity contribution in [2.75, 3.05) is 0 Å². The zero-order valence-electron chi connectivity index (χ0n) is 13.4. The first kappa shape index (κ1) is 22.0. The average molecular weight is 436 g/mol. The van der Waals surface area contributed by atoms with Crippen LogP contribution in [0.3, 0.4) is 0 Å². The van der Waals surface area contributed by atoms with Crippen LogP contribution in [0.15, 0.2) is 48.5 Å². The molecule has 0 N–H and O–H groups in total. The van der Waals surface area contributed by atoms with Gasteiger partial charge in [-0.1, -0.05) is 62.4 Å². The van der Waals surface area contributed by atoms with Crippen molar-refractivity contribution < 1.29 is 19.8 Å². The molecule has 0 bridgehead atoms. The standard InChI is InChI=1S/2C9H10O2.Ba/c2*1-2-7-3-5-8(6-4-7)9(10)11;/h2*3-6H,2H2,1H3,(H,10,11);/q;;+2/p-2. The minimum absolute atomic E-state index is 0. The molecule has 23 heavy (non-hydrogen) atoms. The summed E-state index contributed by atoms with van der Waals surface area (Å²) in [6.07, 6.45) is 1.85. The Kier molecular flexibility index (Phi) is 11.0. The van der Waals surface area contributed by atoms with Crippen LogP contribution in [0.2, 0.25) is 0 Å². The van der Waals surface area contributed by atoms with Gasteiger partial charge in [0.05, 0.1) is 11.9 Å². The molecule has 0 radical (unpaired) electrons. The molecule has 0 fully saturated rings. The predicted molar refractivity (Wildman–Crippen MR) is 86.1 cm³/mol. The number of benzene rings is 2. The van der Waals surface area contributed by atoms with Crippen molar-refractivity contribution in [3.63, 3.8) is 0 Å². The van der Waals surface area contributed by atoms with Crippen LogP contribution in [0.25, 0.3) is 0 Å². The van der Waals surface area contributed by atoms with E-state index in [0.29, 0.717) is 0 Å². The number of hydrogen-bond acceptors (Lipinski definition) is 4. The number of carboxylic acid groups (broad SMARTS) is 2. The number of aryl methyl sites for hydroxylation is 2. The van der Waals surface area contributed by atoms with Crippen molar-refractivity contribution in [1.82, 2.24) is 0 Å². The van der Waals surface area contributed by atoms with E-state index in [1.165, 1.54) is 0 Å². The van der Waals surface area contributed by atoms with Crippen molar-refractivity contribution in [3.05, 3.63) is 70.8 Å². The Bertz CT molecular complexity index is 561. The molecule has 0 atom stereocenters. The maximum Gasteiger partial charge on any atom is 2.00 e. The summed E-state index contributed by atoms with van der Waals surface area (Å²) in [7, 11) is 0. The zero-order chi connectivity index (χ0) is 16.5. The molecule has 0 aliphatic rings. The van der Waals surface area contributed by atoms with Crippen LogP contribution < -0.4 is 10.2 Å². The molecule has 2 aromatic rings. The maximum absolute atomic E-state index is 10.3. The Morgan fingerprint density at radius 1 is 0.696 bits per heavy atom. The first-order valence-electron chi connectivity index (χ1n) is 7.08. The second-order valence-electron chi connectivity index (χ2n) is 4.68. The van der Waals surface area contributed by atoms with Gasteiger partial charge in [-0.15, -0.1) is 0 Å². The fourth-order valence-corrected chi connectivity index (χ4v) is 1.75. The second kappa shape index (κ2) is 11.5. The molecular formula is C18H18BaO4. The van der Waals surface area contributed by atoms with E-state index in [-0.39, 0.29) is 60.0 Å². The number of carboxylic acids is 2. The summed E-state index contributed by atoms with van der Waals surface area (Å²) in [6, 6.07) is 13.4. The Labute approximate surface area is 176 Å². The molecular weight excluding hydrogens is 418 g/mol. The summed E-state index contributed by atoms with van der Waals surface area (Å²) >= 11 is 0. The molecule has 0 amide bonds. The largest absolute Gasteiger partial charge is 2.00 e. The van der Waals surface area contributed by atoms with E-state index in [2.05, 4.69) is 0 Å². The topological polar surface area (TPSA) is 80.3 Å². The Balaban J connectivity index is 0.000000403. The van der Waals surface area contributed by atoms with Crippen LogP contribution in [0.1, 0.15) is 45.7 Å². The number of carbonyl (C=O) groups is 2. The molecule has 0 aliphatic carbocycles.